The molecule has 0 heterocycles. The Morgan fingerprint density at radius 3 is 0.931 bits per heavy atom. The number of carbonyl (C=O) groups is 3. The number of halogens is 1. The summed E-state index contributed by atoms with van der Waals surface area (Å²) in [4.78, 5) is 38.0. The molecule has 0 aliphatic heterocycles. The number of hydrogen-bond donors (Lipinski definition) is 1. The van der Waals surface area contributed by atoms with Crippen LogP contribution in [-0.4, -0.2) is 17.7 Å². The molecule has 4 nitrogen and oxygen atoms in total. The zero-order valence-electron chi connectivity index (χ0n) is 19.3. The number of amides is 3. The molecule has 0 spiro atoms. The zero-order chi connectivity index (χ0) is 21.0. The van der Waals surface area contributed by atoms with Gasteiger partial charge < -0.3 is 12.4 Å². The number of rotatable bonds is 18. The molecule has 0 aliphatic carbocycles. The van der Waals surface area contributed by atoms with Gasteiger partial charge in [-0.1, -0.05) is 97.8 Å². The summed E-state index contributed by atoms with van der Waals surface area (Å²) < 4.78 is 0. The van der Waals surface area contributed by atoms with Crippen LogP contribution in [0.2, 0.25) is 0 Å². The van der Waals surface area contributed by atoms with Crippen LogP contribution >= 0.6 is 0 Å². The van der Waals surface area contributed by atoms with E-state index in [0.717, 1.165) is 57.8 Å². The summed E-state index contributed by atoms with van der Waals surface area (Å²) in [5.74, 6) is -0.601. The molecule has 3 amide bonds. The minimum Gasteiger partial charge on any atom is -1.00 e. The molecule has 1 N–H and O–H groups in total. The van der Waals surface area contributed by atoms with Crippen molar-refractivity contribution in [3.63, 3.8) is 0 Å². The number of unbranched alkanes of at least 4 members (excludes halogenated alkanes) is 12. The maximum absolute atomic E-state index is 12.7. The monoisotopic (exact) mass is 431 g/mol. The van der Waals surface area contributed by atoms with Gasteiger partial charge in [-0.05, 0) is 19.3 Å². The first-order valence-corrected chi connectivity index (χ1v) is 12.0. The number of carbonyl (C=O) groups excluding carboxylic acids is 3. The molecule has 0 bridgehead atoms. The van der Waals surface area contributed by atoms with Crippen molar-refractivity contribution in [2.75, 3.05) is 0 Å². The highest BCUT2D eigenvalue weighted by Crippen LogP contribution is 2.07. The summed E-state index contributed by atoms with van der Waals surface area (Å²) in [6.45, 7) is 6.49. The molecule has 0 aromatic heterocycles. The molecule has 0 fully saturated rings. The van der Waals surface area contributed by atoms with Crippen molar-refractivity contribution in [3.05, 3.63) is 0 Å². The Bertz CT molecular complexity index is 365. The fraction of sp³-hybridized carbons (Fsp3) is 0.875. The van der Waals surface area contributed by atoms with E-state index in [1.54, 1.807) is 0 Å². The van der Waals surface area contributed by atoms with Crippen molar-refractivity contribution in [1.29, 1.82) is 0 Å². The first kappa shape index (κ1) is 30.5. The van der Waals surface area contributed by atoms with E-state index in [0.29, 0.717) is 19.3 Å². The first-order valence-electron chi connectivity index (χ1n) is 12.0. The van der Waals surface area contributed by atoms with Crippen LogP contribution in [0.4, 0.5) is 0 Å². The molecule has 0 saturated carbocycles. The fourth-order valence-electron chi connectivity index (χ4n) is 3.51. The molecule has 5 heteroatoms. The van der Waals surface area contributed by atoms with Gasteiger partial charge in [0.15, 0.2) is 0 Å². The highest BCUT2D eigenvalue weighted by atomic mass is 35.5. The first-order chi connectivity index (χ1) is 13.6. The van der Waals surface area contributed by atoms with Gasteiger partial charge in [-0.25, -0.2) is 14.4 Å². The molecule has 0 radical (unpaired) electrons. The van der Waals surface area contributed by atoms with Gasteiger partial charge >= 0.3 is 17.7 Å². The third-order valence-electron chi connectivity index (χ3n) is 5.36. The van der Waals surface area contributed by atoms with Crippen molar-refractivity contribution in [3.8, 4) is 0 Å². The van der Waals surface area contributed by atoms with E-state index < -0.39 is 0 Å². The van der Waals surface area contributed by atoms with Crippen molar-refractivity contribution in [2.45, 2.75) is 136 Å². The summed E-state index contributed by atoms with van der Waals surface area (Å²) in [6.07, 6.45) is 16.8. The quantitative estimate of drug-likeness (QED) is 0.339. The molecule has 0 aromatic carbocycles. The number of hydrogen-bond acceptors (Lipinski definition) is 3. The summed E-state index contributed by atoms with van der Waals surface area (Å²) in [7, 11) is 0. The average molecular weight is 432 g/mol. The van der Waals surface area contributed by atoms with Crippen LogP contribution in [0.15, 0.2) is 0 Å². The lowest BCUT2D eigenvalue weighted by atomic mass is 10.1. The lowest BCUT2D eigenvalue weighted by Crippen LogP contribution is -3.19. The molecule has 0 unspecified atom stereocenters. The lowest BCUT2D eigenvalue weighted by Gasteiger charge is -2.13. The zero-order valence-corrected chi connectivity index (χ0v) is 20.1. The van der Waals surface area contributed by atoms with E-state index in [1.807, 2.05) is 0 Å². The second-order valence-corrected chi connectivity index (χ2v) is 8.14. The molecule has 172 valence electrons. The number of imide groups is 3. The molecular weight excluding hydrogens is 386 g/mol. The SMILES string of the molecule is CCCCCCCC(=O)[NH+](C(=O)CCCCCCC)C(=O)CCCCCCC.[Cl-]. The fourth-order valence-corrected chi connectivity index (χ4v) is 3.51. The van der Waals surface area contributed by atoms with Gasteiger partial charge in [-0.3, -0.25) is 0 Å². The summed E-state index contributed by atoms with van der Waals surface area (Å²) in [5, 5.41) is 0. The lowest BCUT2D eigenvalue weighted by molar-refractivity contribution is -0.658. The third kappa shape index (κ3) is 16.7. The molecule has 29 heavy (non-hydrogen) atoms. The highest BCUT2D eigenvalue weighted by Gasteiger charge is 2.33. The Labute approximate surface area is 186 Å². The van der Waals surface area contributed by atoms with Crippen molar-refractivity contribution >= 4 is 17.7 Å². The minimum atomic E-state index is -0.200. The van der Waals surface area contributed by atoms with E-state index in [4.69, 9.17) is 0 Å². The van der Waals surface area contributed by atoms with E-state index in [1.165, 1.54) is 38.5 Å². The van der Waals surface area contributed by atoms with Crippen LogP contribution in [-0.2, 0) is 14.4 Å². The van der Waals surface area contributed by atoms with Crippen molar-refractivity contribution in [2.24, 2.45) is 0 Å². The van der Waals surface area contributed by atoms with Crippen LogP contribution < -0.4 is 17.3 Å². The number of nitrogens with one attached hydrogen (secondary N) is 1. The molecule has 0 aromatic rings. The van der Waals surface area contributed by atoms with Gasteiger partial charge in [0.1, 0.15) is 0 Å². The maximum atomic E-state index is 12.7. The molecule has 0 atom stereocenters. The average Bonchev–Trinajstić information content (AvgIpc) is 2.67. The predicted molar refractivity (Wildman–Crippen MR) is 116 cm³/mol. The van der Waals surface area contributed by atoms with Gasteiger partial charge in [0.2, 0.25) is 0 Å². The topological polar surface area (TPSA) is 55.6 Å². The van der Waals surface area contributed by atoms with Gasteiger partial charge in [-0.15, -0.1) is 4.90 Å². The second kappa shape index (κ2) is 22.0. The molecule has 0 saturated heterocycles. The van der Waals surface area contributed by atoms with Crippen molar-refractivity contribution in [1.82, 2.24) is 0 Å². The van der Waals surface area contributed by atoms with Gasteiger partial charge in [0, 0.05) is 0 Å². The Hall–Kier alpha value is -0.740. The Morgan fingerprint density at radius 1 is 0.448 bits per heavy atom. The van der Waals surface area contributed by atoms with E-state index in [9.17, 15) is 14.4 Å². The Morgan fingerprint density at radius 2 is 0.690 bits per heavy atom. The predicted octanol–water partition coefficient (Wildman–Crippen LogP) is 2.54. The standard InChI is InChI=1S/C24H45NO3.ClH/c1-4-7-10-13-16-19-22(26)25(23(27)20-17-14-11-8-5-2)24(28)21-18-15-12-9-6-3;/h4-21H2,1-3H3;1H. The molecule has 0 rings (SSSR count). The smallest absolute Gasteiger partial charge is 0.326 e. The minimum absolute atomic E-state index is 0. The second-order valence-electron chi connectivity index (χ2n) is 8.14. The Balaban J connectivity index is 0. The largest absolute Gasteiger partial charge is 1.00 e. The number of quaternary nitrogens is 1. The van der Waals surface area contributed by atoms with Gasteiger partial charge in [0.25, 0.3) is 0 Å². The maximum Gasteiger partial charge on any atom is 0.326 e. The summed E-state index contributed by atoms with van der Waals surface area (Å²) >= 11 is 0. The van der Waals surface area contributed by atoms with E-state index in [2.05, 4.69) is 20.8 Å². The summed E-state index contributed by atoms with van der Waals surface area (Å²) in [6, 6.07) is 0. The Kier molecular flexibility index (Phi) is 23.1. The van der Waals surface area contributed by atoms with Gasteiger partial charge in [-0.2, -0.15) is 0 Å². The third-order valence-corrected chi connectivity index (χ3v) is 5.36. The molecule has 0 aliphatic rings. The van der Waals surface area contributed by atoms with Crippen LogP contribution in [0.1, 0.15) is 136 Å². The van der Waals surface area contributed by atoms with Crippen LogP contribution in [0.5, 0.6) is 0 Å². The van der Waals surface area contributed by atoms with E-state index >= 15 is 0 Å². The molecular formula is C24H46ClNO3. The van der Waals surface area contributed by atoms with E-state index in [-0.39, 0.29) is 35.0 Å². The summed E-state index contributed by atoms with van der Waals surface area (Å²) in [5.41, 5.74) is 0. The van der Waals surface area contributed by atoms with Crippen LogP contribution in [0.3, 0.4) is 0 Å². The van der Waals surface area contributed by atoms with Crippen LogP contribution in [0, 0.1) is 0 Å². The van der Waals surface area contributed by atoms with Gasteiger partial charge in [0.05, 0.1) is 19.3 Å². The van der Waals surface area contributed by atoms with Crippen LogP contribution in [0.25, 0.3) is 0 Å². The highest BCUT2D eigenvalue weighted by molar-refractivity contribution is 5.93. The van der Waals surface area contributed by atoms with Crippen molar-refractivity contribution < 1.29 is 31.7 Å². The normalized spacial score (nSPS) is 10.8.